The van der Waals surface area contributed by atoms with Crippen LogP contribution in [-0.4, -0.2) is 37.0 Å². The summed E-state index contributed by atoms with van der Waals surface area (Å²) in [4.78, 5) is 35.8. The zero-order chi connectivity index (χ0) is 18.1. The fraction of sp³-hybridized carbons (Fsp3) is 0.389. The van der Waals surface area contributed by atoms with Crippen LogP contribution in [0.1, 0.15) is 25.8 Å². The van der Waals surface area contributed by atoms with Crippen molar-refractivity contribution < 1.29 is 19.1 Å². The number of carbonyl (C=O) groups excluding carboxylic acids is 3. The Morgan fingerprint density at radius 1 is 1.08 bits per heavy atom. The summed E-state index contributed by atoms with van der Waals surface area (Å²) in [6.45, 7) is 6.86. The summed E-state index contributed by atoms with van der Waals surface area (Å²) in [6, 6.07) is 7.72. The minimum Gasteiger partial charge on any atom is -0.467 e. The third kappa shape index (κ3) is 6.64. The van der Waals surface area contributed by atoms with Crippen molar-refractivity contribution in [3.63, 3.8) is 0 Å². The van der Waals surface area contributed by atoms with Crippen molar-refractivity contribution in [3.8, 4) is 0 Å². The van der Waals surface area contributed by atoms with E-state index in [1.165, 1.54) is 14.0 Å². The van der Waals surface area contributed by atoms with E-state index in [0.717, 1.165) is 11.1 Å². The lowest BCUT2D eigenvalue weighted by Crippen LogP contribution is -2.52. The van der Waals surface area contributed by atoms with E-state index in [1.807, 2.05) is 30.3 Å². The summed E-state index contributed by atoms with van der Waals surface area (Å²) in [5.74, 6) is -1.31. The first-order valence-electron chi connectivity index (χ1n) is 7.67. The molecule has 2 amide bonds. The molecule has 130 valence electrons. The van der Waals surface area contributed by atoms with Crippen LogP contribution in [0.2, 0.25) is 0 Å². The molecule has 0 heterocycles. The Bertz CT molecular complexity index is 598. The van der Waals surface area contributed by atoms with Crippen molar-refractivity contribution in [1.29, 1.82) is 0 Å². The van der Waals surface area contributed by atoms with Gasteiger partial charge in [-0.1, -0.05) is 35.9 Å². The summed E-state index contributed by atoms with van der Waals surface area (Å²) in [5, 5.41) is 5.25. The molecular formula is C18H24N2O4. The van der Waals surface area contributed by atoms with Crippen LogP contribution in [0.25, 0.3) is 0 Å². The predicted molar refractivity (Wildman–Crippen MR) is 91.1 cm³/mol. The van der Waals surface area contributed by atoms with Gasteiger partial charge in [-0.15, -0.1) is 6.58 Å². The molecule has 0 aliphatic carbocycles. The monoisotopic (exact) mass is 332 g/mol. The van der Waals surface area contributed by atoms with Gasteiger partial charge in [0.15, 0.2) is 0 Å². The molecule has 0 aromatic heterocycles. The first kappa shape index (κ1) is 19.4. The van der Waals surface area contributed by atoms with E-state index in [4.69, 9.17) is 4.74 Å². The van der Waals surface area contributed by atoms with Gasteiger partial charge in [-0.25, -0.2) is 4.79 Å². The zero-order valence-corrected chi connectivity index (χ0v) is 14.3. The second-order valence-corrected chi connectivity index (χ2v) is 5.69. The quantitative estimate of drug-likeness (QED) is 0.556. The van der Waals surface area contributed by atoms with Crippen LogP contribution in [0.15, 0.2) is 42.5 Å². The number of hydrogen-bond donors (Lipinski definition) is 2. The normalized spacial score (nSPS) is 12.6. The van der Waals surface area contributed by atoms with Crippen LogP contribution >= 0.6 is 0 Å². The Hall–Kier alpha value is -2.63. The molecule has 0 saturated carbocycles. The molecule has 0 spiro atoms. The third-order valence-electron chi connectivity index (χ3n) is 3.33. The van der Waals surface area contributed by atoms with Crippen molar-refractivity contribution in [2.75, 3.05) is 7.11 Å². The summed E-state index contributed by atoms with van der Waals surface area (Å²) < 4.78 is 4.71. The lowest BCUT2D eigenvalue weighted by Gasteiger charge is -2.22. The van der Waals surface area contributed by atoms with Gasteiger partial charge in [-0.3, -0.25) is 9.59 Å². The van der Waals surface area contributed by atoms with E-state index in [9.17, 15) is 14.4 Å². The van der Waals surface area contributed by atoms with Crippen molar-refractivity contribution in [2.24, 2.45) is 0 Å². The largest absolute Gasteiger partial charge is 0.467 e. The number of methoxy groups -OCH3 is 1. The van der Waals surface area contributed by atoms with Crippen molar-refractivity contribution in [1.82, 2.24) is 10.6 Å². The highest BCUT2D eigenvalue weighted by Gasteiger charge is 2.26. The van der Waals surface area contributed by atoms with Gasteiger partial charge in [-0.2, -0.15) is 0 Å². The molecule has 6 nitrogen and oxygen atoms in total. The number of carbonyl (C=O) groups is 3. The van der Waals surface area contributed by atoms with Gasteiger partial charge in [0.1, 0.15) is 12.1 Å². The number of nitrogens with one attached hydrogen (secondary N) is 2. The maximum atomic E-state index is 12.5. The van der Waals surface area contributed by atoms with Gasteiger partial charge in [0.25, 0.3) is 0 Å². The molecule has 2 atom stereocenters. The SMILES string of the molecule is C=C(C)C[C@@H](NC(=O)[C@@H](Cc1ccccc1)NC(C)=O)C(=O)OC. The fourth-order valence-electron chi connectivity index (χ4n) is 2.26. The zero-order valence-electron chi connectivity index (χ0n) is 14.3. The predicted octanol–water partition coefficient (Wildman–Crippen LogP) is 1.36. The van der Waals surface area contributed by atoms with Crippen molar-refractivity contribution in [3.05, 3.63) is 48.0 Å². The molecule has 24 heavy (non-hydrogen) atoms. The van der Waals surface area contributed by atoms with E-state index in [-0.39, 0.29) is 12.3 Å². The minimum absolute atomic E-state index is 0.274. The molecule has 2 N–H and O–H groups in total. The van der Waals surface area contributed by atoms with E-state index in [1.54, 1.807) is 6.92 Å². The van der Waals surface area contributed by atoms with Crippen molar-refractivity contribution >= 4 is 17.8 Å². The van der Waals surface area contributed by atoms with Crippen molar-refractivity contribution in [2.45, 2.75) is 38.8 Å². The first-order chi connectivity index (χ1) is 11.3. The average Bonchev–Trinajstić information content (AvgIpc) is 2.53. The number of benzene rings is 1. The molecule has 6 heteroatoms. The van der Waals surface area contributed by atoms with Gasteiger partial charge in [0, 0.05) is 13.3 Å². The van der Waals surface area contributed by atoms with Crippen LogP contribution in [-0.2, 0) is 25.5 Å². The van der Waals surface area contributed by atoms with Crippen LogP contribution < -0.4 is 10.6 Å². The average molecular weight is 332 g/mol. The molecule has 1 rings (SSSR count). The fourth-order valence-corrected chi connectivity index (χ4v) is 2.26. The second kappa shape index (κ2) is 9.50. The van der Waals surface area contributed by atoms with E-state index in [2.05, 4.69) is 17.2 Å². The molecule has 0 radical (unpaired) electrons. The van der Waals surface area contributed by atoms with E-state index < -0.39 is 24.0 Å². The van der Waals surface area contributed by atoms with Crippen LogP contribution in [0.4, 0.5) is 0 Å². The van der Waals surface area contributed by atoms with Gasteiger partial charge in [-0.05, 0) is 18.9 Å². The van der Waals surface area contributed by atoms with E-state index in [0.29, 0.717) is 6.42 Å². The Morgan fingerprint density at radius 3 is 2.21 bits per heavy atom. The molecule has 0 aliphatic rings. The highest BCUT2D eigenvalue weighted by molar-refractivity contribution is 5.90. The van der Waals surface area contributed by atoms with E-state index >= 15 is 0 Å². The summed E-state index contributed by atoms with van der Waals surface area (Å²) in [6.07, 6.45) is 0.601. The maximum Gasteiger partial charge on any atom is 0.328 e. The van der Waals surface area contributed by atoms with Gasteiger partial charge >= 0.3 is 5.97 Å². The Kier molecular flexibility index (Phi) is 7.68. The molecule has 0 saturated heterocycles. The standard InChI is InChI=1S/C18H24N2O4/c1-12(2)10-16(18(23)24-4)20-17(22)15(19-13(3)21)11-14-8-6-5-7-9-14/h5-9,15-16H,1,10-11H2,2-4H3,(H,19,21)(H,20,22)/t15-,16-/m1/s1. The van der Waals surface area contributed by atoms with Crippen LogP contribution in [0.5, 0.6) is 0 Å². The number of amides is 2. The Balaban J connectivity index is 2.87. The molecule has 0 aliphatic heterocycles. The molecule has 0 fully saturated rings. The highest BCUT2D eigenvalue weighted by atomic mass is 16.5. The highest BCUT2D eigenvalue weighted by Crippen LogP contribution is 2.07. The Labute approximate surface area is 142 Å². The third-order valence-corrected chi connectivity index (χ3v) is 3.33. The number of ether oxygens (including phenoxy) is 1. The lowest BCUT2D eigenvalue weighted by atomic mass is 10.0. The summed E-state index contributed by atoms with van der Waals surface area (Å²) >= 11 is 0. The molecular weight excluding hydrogens is 308 g/mol. The minimum atomic E-state index is -0.827. The molecule has 0 bridgehead atoms. The summed E-state index contributed by atoms with van der Waals surface area (Å²) in [7, 11) is 1.26. The topological polar surface area (TPSA) is 84.5 Å². The Morgan fingerprint density at radius 2 is 1.71 bits per heavy atom. The van der Waals surface area contributed by atoms with Crippen LogP contribution in [0.3, 0.4) is 0 Å². The lowest BCUT2D eigenvalue weighted by molar-refractivity contribution is -0.145. The van der Waals surface area contributed by atoms with Gasteiger partial charge in [0.05, 0.1) is 7.11 Å². The number of hydrogen-bond acceptors (Lipinski definition) is 4. The first-order valence-corrected chi connectivity index (χ1v) is 7.67. The molecule has 1 aromatic rings. The summed E-state index contributed by atoms with van der Waals surface area (Å²) in [5.41, 5.74) is 1.64. The maximum absolute atomic E-state index is 12.5. The van der Waals surface area contributed by atoms with Crippen LogP contribution in [0, 0.1) is 0 Å². The second-order valence-electron chi connectivity index (χ2n) is 5.69. The molecule has 0 unspecified atom stereocenters. The smallest absolute Gasteiger partial charge is 0.328 e. The van der Waals surface area contributed by atoms with Gasteiger partial charge < -0.3 is 15.4 Å². The van der Waals surface area contributed by atoms with Gasteiger partial charge in [0.2, 0.25) is 11.8 Å². The number of rotatable bonds is 8. The number of esters is 1. The molecule has 1 aromatic carbocycles.